The first-order valence-electron chi connectivity index (χ1n) is 7.99. The Hall–Kier alpha value is -0.300. The first-order valence-corrected chi connectivity index (χ1v) is 7.99. The molecule has 0 bridgehead atoms. The van der Waals surface area contributed by atoms with Gasteiger partial charge in [0.15, 0.2) is 5.96 Å². The Labute approximate surface area is 147 Å². The Morgan fingerprint density at radius 3 is 2.33 bits per heavy atom. The van der Waals surface area contributed by atoms with E-state index in [9.17, 15) is 0 Å². The highest BCUT2D eigenvalue weighted by atomic mass is 127. The van der Waals surface area contributed by atoms with Gasteiger partial charge in [0.1, 0.15) is 0 Å². The molecule has 2 N–H and O–H groups in total. The van der Waals surface area contributed by atoms with Gasteiger partial charge >= 0.3 is 0 Å². The fourth-order valence-electron chi connectivity index (χ4n) is 2.41. The van der Waals surface area contributed by atoms with Crippen molar-refractivity contribution in [2.75, 3.05) is 34.2 Å². The van der Waals surface area contributed by atoms with Crippen LogP contribution in [0.25, 0.3) is 0 Å². The summed E-state index contributed by atoms with van der Waals surface area (Å²) in [6.45, 7) is 2.23. The van der Waals surface area contributed by atoms with Gasteiger partial charge in [0.05, 0.1) is 0 Å². The van der Waals surface area contributed by atoms with Crippen molar-refractivity contribution in [3.63, 3.8) is 0 Å². The molecule has 1 aliphatic carbocycles. The van der Waals surface area contributed by atoms with Gasteiger partial charge in [-0.25, -0.2) is 0 Å². The third-order valence-corrected chi connectivity index (χ3v) is 3.65. The zero-order valence-corrected chi connectivity index (χ0v) is 16.2. The van der Waals surface area contributed by atoms with E-state index in [4.69, 9.17) is 0 Å². The van der Waals surface area contributed by atoms with Gasteiger partial charge in [-0.3, -0.25) is 4.99 Å². The molecule has 0 amide bonds. The number of guanidine groups is 1. The standard InChI is InChI=1S/C16H32N4.HI/c1-17-16(19-15-11-7-8-12-15)18-13-9-5-4-6-10-14-20(2)3;/h7-8,15H,4-6,9-14H2,1-3H3,(H2,17,18,19);1H. The lowest BCUT2D eigenvalue weighted by atomic mass is 10.1. The Kier molecular flexibility index (Phi) is 13.2. The van der Waals surface area contributed by atoms with Crippen molar-refractivity contribution >= 4 is 29.9 Å². The van der Waals surface area contributed by atoms with Crippen molar-refractivity contribution in [2.45, 2.75) is 51.0 Å². The van der Waals surface area contributed by atoms with Gasteiger partial charge in [0.2, 0.25) is 0 Å². The molecule has 5 heteroatoms. The molecule has 0 saturated heterocycles. The number of nitrogens with one attached hydrogen (secondary N) is 2. The Morgan fingerprint density at radius 1 is 1.10 bits per heavy atom. The highest BCUT2D eigenvalue weighted by molar-refractivity contribution is 14.0. The third kappa shape index (κ3) is 11.0. The predicted octanol–water partition coefficient (Wildman–Crippen LogP) is 3.00. The molecule has 0 unspecified atom stereocenters. The summed E-state index contributed by atoms with van der Waals surface area (Å²) in [7, 11) is 6.13. The van der Waals surface area contributed by atoms with Gasteiger partial charge in [-0.2, -0.15) is 0 Å². The normalized spacial score (nSPS) is 15.3. The van der Waals surface area contributed by atoms with Crippen LogP contribution in [0, 0.1) is 0 Å². The largest absolute Gasteiger partial charge is 0.356 e. The lowest BCUT2D eigenvalue weighted by Crippen LogP contribution is -2.42. The van der Waals surface area contributed by atoms with E-state index in [1.54, 1.807) is 0 Å². The van der Waals surface area contributed by atoms with Crippen LogP contribution in [-0.2, 0) is 0 Å². The number of hydrogen-bond acceptors (Lipinski definition) is 2. The van der Waals surface area contributed by atoms with Crippen molar-refractivity contribution < 1.29 is 0 Å². The van der Waals surface area contributed by atoms with Crippen LogP contribution in [0.5, 0.6) is 0 Å². The molecular weight excluding hydrogens is 375 g/mol. The monoisotopic (exact) mass is 408 g/mol. The molecular formula is C16H33IN4. The van der Waals surface area contributed by atoms with Crippen molar-refractivity contribution in [2.24, 2.45) is 4.99 Å². The van der Waals surface area contributed by atoms with Gasteiger partial charge in [0, 0.05) is 19.6 Å². The summed E-state index contributed by atoms with van der Waals surface area (Å²) in [5.41, 5.74) is 0. The van der Waals surface area contributed by atoms with Crippen LogP contribution < -0.4 is 10.6 Å². The first kappa shape index (κ1) is 20.7. The summed E-state index contributed by atoms with van der Waals surface area (Å²) in [6, 6.07) is 0.534. The van der Waals surface area contributed by atoms with Gasteiger partial charge < -0.3 is 15.5 Å². The van der Waals surface area contributed by atoms with Crippen molar-refractivity contribution in [1.82, 2.24) is 15.5 Å². The summed E-state index contributed by atoms with van der Waals surface area (Å²) < 4.78 is 0. The third-order valence-electron chi connectivity index (χ3n) is 3.65. The summed E-state index contributed by atoms with van der Waals surface area (Å²) in [6.07, 6.45) is 13.2. The van der Waals surface area contributed by atoms with Crippen LogP contribution in [0.1, 0.15) is 44.9 Å². The van der Waals surface area contributed by atoms with Crippen LogP contribution in [0.4, 0.5) is 0 Å². The van der Waals surface area contributed by atoms with E-state index in [-0.39, 0.29) is 24.0 Å². The topological polar surface area (TPSA) is 39.7 Å². The smallest absolute Gasteiger partial charge is 0.191 e. The number of aliphatic imine (C=N–C) groups is 1. The van der Waals surface area contributed by atoms with Crippen LogP contribution >= 0.6 is 24.0 Å². The minimum Gasteiger partial charge on any atom is -0.356 e. The van der Waals surface area contributed by atoms with Crippen molar-refractivity contribution in [3.05, 3.63) is 12.2 Å². The van der Waals surface area contributed by atoms with Crippen LogP contribution in [0.15, 0.2) is 17.1 Å². The zero-order chi connectivity index (χ0) is 14.6. The molecule has 0 heterocycles. The molecule has 0 radical (unpaired) electrons. The fraction of sp³-hybridized carbons (Fsp3) is 0.812. The maximum atomic E-state index is 4.28. The van der Waals surface area contributed by atoms with Crippen LogP contribution in [0.3, 0.4) is 0 Å². The molecule has 0 aliphatic heterocycles. The van der Waals surface area contributed by atoms with E-state index in [0.29, 0.717) is 6.04 Å². The van der Waals surface area contributed by atoms with Crippen molar-refractivity contribution in [3.8, 4) is 0 Å². The molecule has 1 rings (SSSR count). The predicted molar refractivity (Wildman–Crippen MR) is 104 cm³/mol. The molecule has 0 aromatic rings. The molecule has 0 aromatic carbocycles. The second-order valence-corrected chi connectivity index (χ2v) is 5.85. The van der Waals surface area contributed by atoms with E-state index in [1.165, 1.54) is 38.6 Å². The fourth-order valence-corrected chi connectivity index (χ4v) is 2.41. The van der Waals surface area contributed by atoms with Crippen molar-refractivity contribution in [1.29, 1.82) is 0 Å². The molecule has 124 valence electrons. The minimum atomic E-state index is 0. The number of halogens is 1. The SMILES string of the molecule is CN=C(NCCCCCCCN(C)C)NC1CC=CC1.I. The summed E-state index contributed by atoms with van der Waals surface area (Å²) in [4.78, 5) is 6.54. The van der Waals surface area contributed by atoms with E-state index in [1.807, 2.05) is 7.05 Å². The molecule has 1 aliphatic rings. The Bertz CT molecular complexity index is 295. The molecule has 0 fully saturated rings. The van der Waals surface area contributed by atoms with E-state index in [0.717, 1.165) is 25.3 Å². The summed E-state index contributed by atoms with van der Waals surface area (Å²) in [5, 5.41) is 6.87. The summed E-state index contributed by atoms with van der Waals surface area (Å²) >= 11 is 0. The van der Waals surface area contributed by atoms with Gasteiger partial charge in [-0.05, 0) is 46.3 Å². The first-order chi connectivity index (χ1) is 9.72. The van der Waals surface area contributed by atoms with E-state index in [2.05, 4.69) is 46.8 Å². The Morgan fingerprint density at radius 2 is 1.71 bits per heavy atom. The Balaban J connectivity index is 0.00000400. The average molecular weight is 408 g/mol. The molecule has 0 atom stereocenters. The van der Waals surface area contributed by atoms with E-state index < -0.39 is 0 Å². The molecule has 0 aromatic heterocycles. The lowest BCUT2D eigenvalue weighted by Gasteiger charge is -2.16. The maximum Gasteiger partial charge on any atom is 0.191 e. The molecule has 21 heavy (non-hydrogen) atoms. The quantitative estimate of drug-likeness (QED) is 0.203. The lowest BCUT2D eigenvalue weighted by molar-refractivity contribution is 0.389. The molecule has 4 nitrogen and oxygen atoms in total. The second kappa shape index (κ2) is 13.4. The molecule has 0 saturated carbocycles. The zero-order valence-electron chi connectivity index (χ0n) is 13.9. The minimum absolute atomic E-state index is 0. The van der Waals surface area contributed by atoms with E-state index >= 15 is 0 Å². The molecule has 0 spiro atoms. The maximum absolute atomic E-state index is 4.28. The number of unbranched alkanes of at least 4 members (excludes halogenated alkanes) is 4. The van der Waals surface area contributed by atoms with Crippen LogP contribution in [-0.4, -0.2) is 51.1 Å². The highest BCUT2D eigenvalue weighted by Gasteiger charge is 2.10. The second-order valence-electron chi connectivity index (χ2n) is 5.85. The number of hydrogen-bond donors (Lipinski definition) is 2. The number of rotatable bonds is 9. The highest BCUT2D eigenvalue weighted by Crippen LogP contribution is 2.08. The average Bonchev–Trinajstić information content (AvgIpc) is 2.93. The number of nitrogens with zero attached hydrogens (tertiary/aromatic N) is 2. The summed E-state index contributed by atoms with van der Waals surface area (Å²) in [5.74, 6) is 0.950. The van der Waals surface area contributed by atoms with Gasteiger partial charge in [0.25, 0.3) is 0 Å². The van der Waals surface area contributed by atoms with Gasteiger partial charge in [-0.15, -0.1) is 24.0 Å². The van der Waals surface area contributed by atoms with Crippen LogP contribution in [0.2, 0.25) is 0 Å². The van der Waals surface area contributed by atoms with Gasteiger partial charge in [-0.1, -0.05) is 31.4 Å².